The van der Waals surface area contributed by atoms with Gasteiger partial charge in [-0.2, -0.15) is 18.4 Å². The standard InChI is InChI=1S/C17H15F3N4O2/c1-12-10-13(17(18,19)20)11-15(24(25)26)16(12)22-23(9-5-8-21)14-6-3-2-4-7-14/h2-4,6-7,10-11,22H,5,9H2,1H3. The lowest BCUT2D eigenvalue weighted by Crippen LogP contribution is -2.31. The van der Waals surface area contributed by atoms with Crippen molar-refractivity contribution < 1.29 is 18.1 Å². The van der Waals surface area contributed by atoms with Gasteiger partial charge in [-0.05, 0) is 30.7 Å². The van der Waals surface area contributed by atoms with Crippen LogP contribution in [0.25, 0.3) is 0 Å². The summed E-state index contributed by atoms with van der Waals surface area (Å²) in [5, 5.41) is 21.6. The van der Waals surface area contributed by atoms with Gasteiger partial charge in [-0.15, -0.1) is 0 Å². The number of nitrogens with zero attached hydrogens (tertiary/aromatic N) is 3. The molecule has 0 fully saturated rings. The van der Waals surface area contributed by atoms with Crippen LogP contribution in [0.5, 0.6) is 0 Å². The Labute approximate surface area is 147 Å². The van der Waals surface area contributed by atoms with E-state index >= 15 is 0 Å². The predicted octanol–water partition coefficient (Wildman–Crippen LogP) is 4.67. The van der Waals surface area contributed by atoms with Crippen LogP contribution in [0.15, 0.2) is 42.5 Å². The lowest BCUT2D eigenvalue weighted by molar-refractivity contribution is -0.384. The van der Waals surface area contributed by atoms with E-state index in [-0.39, 0.29) is 24.2 Å². The van der Waals surface area contributed by atoms with Crippen LogP contribution in [0.3, 0.4) is 0 Å². The summed E-state index contributed by atoms with van der Waals surface area (Å²) in [6.07, 6.45) is -4.57. The zero-order chi connectivity index (χ0) is 19.3. The molecule has 2 rings (SSSR count). The molecule has 0 spiro atoms. The van der Waals surface area contributed by atoms with E-state index in [4.69, 9.17) is 5.26 Å². The number of benzene rings is 2. The minimum atomic E-state index is -4.69. The first-order valence-electron chi connectivity index (χ1n) is 7.56. The summed E-state index contributed by atoms with van der Waals surface area (Å²) in [4.78, 5) is 10.4. The number of alkyl halides is 3. The zero-order valence-corrected chi connectivity index (χ0v) is 13.7. The third-order valence-corrected chi connectivity index (χ3v) is 3.60. The third-order valence-electron chi connectivity index (χ3n) is 3.60. The highest BCUT2D eigenvalue weighted by Gasteiger charge is 2.34. The Morgan fingerprint density at radius 1 is 1.27 bits per heavy atom. The number of aryl methyl sites for hydroxylation is 1. The van der Waals surface area contributed by atoms with E-state index in [1.807, 2.05) is 6.07 Å². The number of hydrazine groups is 1. The predicted molar refractivity (Wildman–Crippen MR) is 90.5 cm³/mol. The number of nitriles is 1. The van der Waals surface area contributed by atoms with E-state index < -0.39 is 22.4 Å². The average Bonchev–Trinajstić information content (AvgIpc) is 2.59. The molecule has 0 radical (unpaired) electrons. The highest BCUT2D eigenvalue weighted by molar-refractivity contribution is 5.70. The number of rotatable bonds is 6. The smallest absolute Gasteiger partial charge is 0.292 e. The number of nitro benzene ring substituents is 1. The number of nitrogens with one attached hydrogen (secondary N) is 1. The van der Waals surface area contributed by atoms with Crippen LogP contribution in [0.1, 0.15) is 17.5 Å². The molecule has 0 unspecified atom stereocenters. The molecule has 2 aromatic rings. The van der Waals surface area contributed by atoms with Crippen molar-refractivity contribution in [2.75, 3.05) is 17.0 Å². The molecule has 0 atom stereocenters. The molecule has 2 aromatic carbocycles. The average molecular weight is 364 g/mol. The van der Waals surface area contributed by atoms with Crippen molar-refractivity contribution in [1.82, 2.24) is 0 Å². The second-order valence-corrected chi connectivity index (χ2v) is 5.45. The first kappa shape index (κ1) is 19.1. The lowest BCUT2D eigenvalue weighted by Gasteiger charge is -2.26. The summed E-state index contributed by atoms with van der Waals surface area (Å²) in [7, 11) is 0. The molecular formula is C17H15F3N4O2. The Morgan fingerprint density at radius 2 is 1.92 bits per heavy atom. The number of anilines is 2. The number of halogens is 3. The summed E-state index contributed by atoms with van der Waals surface area (Å²) < 4.78 is 38.8. The van der Waals surface area contributed by atoms with Crippen LogP contribution in [-0.2, 0) is 6.18 Å². The normalized spacial score (nSPS) is 10.9. The highest BCUT2D eigenvalue weighted by atomic mass is 19.4. The maximum absolute atomic E-state index is 12.9. The molecule has 0 saturated carbocycles. The quantitative estimate of drug-likeness (QED) is 0.595. The molecule has 0 aliphatic heterocycles. The Kier molecular flexibility index (Phi) is 5.67. The topological polar surface area (TPSA) is 82.2 Å². The number of para-hydroxylation sites is 1. The van der Waals surface area contributed by atoms with Crippen LogP contribution in [-0.4, -0.2) is 11.5 Å². The van der Waals surface area contributed by atoms with Gasteiger partial charge in [0.05, 0.1) is 35.2 Å². The molecule has 0 bridgehead atoms. The number of nitro groups is 1. The zero-order valence-electron chi connectivity index (χ0n) is 13.7. The summed E-state index contributed by atoms with van der Waals surface area (Å²) in [5.41, 5.74) is 1.67. The van der Waals surface area contributed by atoms with Gasteiger partial charge in [0.1, 0.15) is 5.69 Å². The maximum Gasteiger partial charge on any atom is 0.416 e. The van der Waals surface area contributed by atoms with E-state index in [1.54, 1.807) is 30.3 Å². The van der Waals surface area contributed by atoms with Gasteiger partial charge >= 0.3 is 6.18 Å². The van der Waals surface area contributed by atoms with Crippen molar-refractivity contribution in [3.8, 4) is 6.07 Å². The molecule has 26 heavy (non-hydrogen) atoms. The van der Waals surface area contributed by atoms with E-state index in [0.717, 1.165) is 6.07 Å². The third kappa shape index (κ3) is 4.42. The van der Waals surface area contributed by atoms with Gasteiger partial charge in [-0.25, -0.2) is 0 Å². The highest BCUT2D eigenvalue weighted by Crippen LogP contribution is 2.37. The minimum absolute atomic E-state index is 0.0511. The second kappa shape index (κ2) is 7.74. The van der Waals surface area contributed by atoms with Gasteiger partial charge in [-0.3, -0.25) is 20.5 Å². The van der Waals surface area contributed by atoms with Gasteiger partial charge in [0.15, 0.2) is 0 Å². The first-order valence-corrected chi connectivity index (χ1v) is 7.56. The summed E-state index contributed by atoms with van der Waals surface area (Å²) in [6, 6.07) is 12.0. The molecule has 1 N–H and O–H groups in total. The molecule has 136 valence electrons. The van der Waals surface area contributed by atoms with Gasteiger partial charge in [-0.1, -0.05) is 18.2 Å². The monoisotopic (exact) mass is 364 g/mol. The first-order chi connectivity index (χ1) is 12.2. The Bertz CT molecular complexity index is 832. The van der Waals surface area contributed by atoms with Crippen LogP contribution < -0.4 is 10.4 Å². The summed E-state index contributed by atoms with van der Waals surface area (Å²) in [6.45, 7) is 1.55. The fourth-order valence-electron chi connectivity index (χ4n) is 2.38. The van der Waals surface area contributed by atoms with Crippen LogP contribution in [0.4, 0.5) is 30.2 Å². The van der Waals surface area contributed by atoms with Crippen LogP contribution >= 0.6 is 0 Å². The van der Waals surface area contributed by atoms with Crippen molar-refractivity contribution in [3.63, 3.8) is 0 Å². The molecular weight excluding hydrogens is 349 g/mol. The van der Waals surface area contributed by atoms with E-state index in [2.05, 4.69) is 5.43 Å². The molecule has 0 aromatic heterocycles. The van der Waals surface area contributed by atoms with E-state index in [0.29, 0.717) is 11.8 Å². The van der Waals surface area contributed by atoms with Crippen molar-refractivity contribution in [3.05, 3.63) is 63.7 Å². The Balaban J connectivity index is 2.48. The molecule has 0 aliphatic carbocycles. The number of hydrogen-bond donors (Lipinski definition) is 1. The van der Waals surface area contributed by atoms with Gasteiger partial charge < -0.3 is 0 Å². The molecule has 0 amide bonds. The van der Waals surface area contributed by atoms with Crippen molar-refractivity contribution in [2.45, 2.75) is 19.5 Å². The number of hydrogen-bond acceptors (Lipinski definition) is 5. The van der Waals surface area contributed by atoms with Crippen molar-refractivity contribution in [1.29, 1.82) is 5.26 Å². The SMILES string of the molecule is Cc1cc(C(F)(F)F)cc([N+](=O)[O-])c1NN(CCC#N)c1ccccc1. The van der Waals surface area contributed by atoms with Crippen LogP contribution in [0.2, 0.25) is 0 Å². The fraction of sp³-hybridized carbons (Fsp3) is 0.235. The van der Waals surface area contributed by atoms with Gasteiger partial charge in [0.25, 0.3) is 5.69 Å². The molecule has 9 heteroatoms. The summed E-state index contributed by atoms with van der Waals surface area (Å²) in [5.74, 6) is 0. The molecule has 0 aliphatic rings. The molecule has 0 saturated heterocycles. The maximum atomic E-state index is 12.9. The largest absolute Gasteiger partial charge is 0.416 e. The molecule has 0 heterocycles. The van der Waals surface area contributed by atoms with Crippen LogP contribution in [0, 0.1) is 28.4 Å². The minimum Gasteiger partial charge on any atom is -0.292 e. The Hall–Kier alpha value is -3.28. The van der Waals surface area contributed by atoms with E-state index in [1.165, 1.54) is 11.9 Å². The van der Waals surface area contributed by atoms with Crippen molar-refractivity contribution >= 4 is 17.1 Å². The van der Waals surface area contributed by atoms with Crippen molar-refractivity contribution in [2.24, 2.45) is 0 Å². The Morgan fingerprint density at radius 3 is 2.46 bits per heavy atom. The van der Waals surface area contributed by atoms with Gasteiger partial charge in [0, 0.05) is 6.07 Å². The summed E-state index contributed by atoms with van der Waals surface area (Å²) >= 11 is 0. The van der Waals surface area contributed by atoms with Gasteiger partial charge in [0.2, 0.25) is 0 Å². The lowest BCUT2D eigenvalue weighted by atomic mass is 10.1. The fourth-order valence-corrected chi connectivity index (χ4v) is 2.38. The molecule has 6 nitrogen and oxygen atoms in total. The van der Waals surface area contributed by atoms with E-state index in [9.17, 15) is 23.3 Å². The second-order valence-electron chi connectivity index (χ2n) is 5.45.